The number of alkyl halides is 6. The first-order valence-corrected chi connectivity index (χ1v) is 13.8. The molecule has 0 N–H and O–H groups in total. The highest BCUT2D eigenvalue weighted by molar-refractivity contribution is 5.75. The van der Waals surface area contributed by atoms with Gasteiger partial charge in [0.05, 0.1) is 36.5 Å². The molecule has 2 aromatic carbocycles. The fourth-order valence-corrected chi connectivity index (χ4v) is 5.23. The zero-order valence-electron chi connectivity index (χ0n) is 23.7. The average molecular weight is 623 g/mol. The Morgan fingerprint density at radius 1 is 1.02 bits per heavy atom. The van der Waals surface area contributed by atoms with Gasteiger partial charge in [-0.1, -0.05) is 6.07 Å². The maximum Gasteiger partial charge on any atom is 0.416 e. The van der Waals surface area contributed by atoms with E-state index >= 15 is 0 Å². The molecule has 0 radical (unpaired) electrons. The maximum absolute atomic E-state index is 13.5. The highest BCUT2D eigenvalue weighted by atomic mass is 19.4. The second kappa shape index (κ2) is 12.0. The number of anilines is 1. The van der Waals surface area contributed by atoms with Gasteiger partial charge >= 0.3 is 18.4 Å². The van der Waals surface area contributed by atoms with Crippen LogP contribution in [0.5, 0.6) is 5.75 Å². The quantitative estimate of drug-likeness (QED) is 0.196. The third-order valence-electron chi connectivity index (χ3n) is 7.75. The van der Waals surface area contributed by atoms with Crippen LogP contribution >= 0.6 is 0 Å². The van der Waals surface area contributed by atoms with E-state index in [9.17, 15) is 35.9 Å². The Morgan fingerprint density at radius 3 is 2.27 bits per heavy atom. The van der Waals surface area contributed by atoms with Crippen molar-refractivity contribution in [3.05, 3.63) is 70.5 Å². The number of aryl methyl sites for hydroxylation is 1. The third-order valence-corrected chi connectivity index (χ3v) is 7.75. The summed E-state index contributed by atoms with van der Waals surface area (Å²) in [6.07, 6.45) is -8.33. The molecule has 2 atom stereocenters. The lowest BCUT2D eigenvalue weighted by atomic mass is 9.97. The van der Waals surface area contributed by atoms with Crippen molar-refractivity contribution in [3.63, 3.8) is 0 Å². The Kier molecular flexibility index (Phi) is 8.45. The summed E-state index contributed by atoms with van der Waals surface area (Å²) in [5.41, 5.74) is -1.12. The van der Waals surface area contributed by atoms with E-state index in [1.165, 1.54) is 18.9 Å². The van der Waals surface area contributed by atoms with Crippen molar-refractivity contribution in [3.8, 4) is 16.9 Å². The summed E-state index contributed by atoms with van der Waals surface area (Å²) >= 11 is 0. The van der Waals surface area contributed by atoms with Crippen LogP contribution < -0.4 is 9.64 Å². The third kappa shape index (κ3) is 6.29. The molecule has 1 amide bonds. The largest absolute Gasteiger partial charge is 0.496 e. The van der Waals surface area contributed by atoms with Crippen molar-refractivity contribution in [2.75, 3.05) is 25.1 Å². The SMILES string of the molecule is COc1ccc(CCC=O)cc1-c1cnc(N2CCC2)nc1CN1C(=O)OC(c2cc(C(F)(F)F)cc(C(F)(F)F)c2)C1C. The summed E-state index contributed by atoms with van der Waals surface area (Å²) in [6.45, 7) is 2.76. The summed E-state index contributed by atoms with van der Waals surface area (Å²) < 4.78 is 92.1. The first-order valence-electron chi connectivity index (χ1n) is 13.8. The van der Waals surface area contributed by atoms with Crippen molar-refractivity contribution in [1.29, 1.82) is 0 Å². The zero-order valence-corrected chi connectivity index (χ0v) is 23.7. The van der Waals surface area contributed by atoms with E-state index in [1.54, 1.807) is 12.3 Å². The van der Waals surface area contributed by atoms with Crippen LogP contribution in [0.1, 0.15) is 53.8 Å². The Bertz CT molecular complexity index is 1530. The van der Waals surface area contributed by atoms with Crippen LogP contribution in [0, 0.1) is 0 Å². The van der Waals surface area contributed by atoms with Crippen molar-refractivity contribution in [1.82, 2.24) is 14.9 Å². The monoisotopic (exact) mass is 622 g/mol. The van der Waals surface area contributed by atoms with Gasteiger partial charge in [0.15, 0.2) is 0 Å². The first-order chi connectivity index (χ1) is 20.8. The van der Waals surface area contributed by atoms with Crippen molar-refractivity contribution < 1.29 is 45.4 Å². The summed E-state index contributed by atoms with van der Waals surface area (Å²) in [5, 5.41) is 0. The molecule has 0 spiro atoms. The molecule has 2 unspecified atom stereocenters. The van der Waals surface area contributed by atoms with Gasteiger partial charge in [-0.2, -0.15) is 26.3 Å². The summed E-state index contributed by atoms with van der Waals surface area (Å²) in [7, 11) is 1.48. The number of benzene rings is 2. The molecule has 1 aromatic heterocycles. The molecule has 14 heteroatoms. The number of amides is 1. The second-order valence-electron chi connectivity index (χ2n) is 10.6. The highest BCUT2D eigenvalue weighted by Crippen LogP contribution is 2.42. The molecular formula is C30H28F6N4O4. The molecule has 8 nitrogen and oxygen atoms in total. The molecule has 44 heavy (non-hydrogen) atoms. The van der Waals surface area contributed by atoms with Crippen molar-refractivity contribution in [2.24, 2.45) is 0 Å². The molecule has 2 saturated heterocycles. The van der Waals surface area contributed by atoms with Crippen LogP contribution in [-0.2, 0) is 34.8 Å². The number of methoxy groups -OCH3 is 1. The van der Waals surface area contributed by atoms with Gasteiger partial charge in [-0.3, -0.25) is 4.90 Å². The first kappa shape index (κ1) is 31.1. The number of carbonyl (C=O) groups excluding carboxylic acids is 2. The van der Waals surface area contributed by atoms with Crippen molar-refractivity contribution in [2.45, 2.75) is 57.2 Å². The number of halogens is 6. The molecule has 2 fully saturated rings. The van der Waals surface area contributed by atoms with Gasteiger partial charge in [0, 0.05) is 36.8 Å². The van der Waals surface area contributed by atoms with E-state index in [-0.39, 0.29) is 12.6 Å². The maximum atomic E-state index is 13.5. The highest BCUT2D eigenvalue weighted by Gasteiger charge is 2.43. The number of hydrogen-bond donors (Lipinski definition) is 0. The number of carbonyl (C=O) groups is 2. The number of nitrogens with zero attached hydrogens (tertiary/aromatic N) is 4. The lowest BCUT2D eigenvalue weighted by molar-refractivity contribution is -0.143. The van der Waals surface area contributed by atoms with E-state index in [0.717, 1.165) is 31.4 Å². The van der Waals surface area contributed by atoms with Gasteiger partial charge in [0.25, 0.3) is 0 Å². The summed E-state index contributed by atoms with van der Waals surface area (Å²) in [6, 6.07) is 5.59. The van der Waals surface area contributed by atoms with Crippen LogP contribution in [0.15, 0.2) is 42.6 Å². The number of ether oxygens (including phenoxy) is 2. The Hall–Kier alpha value is -4.36. The van der Waals surface area contributed by atoms with Gasteiger partial charge in [-0.05, 0) is 61.2 Å². The molecule has 5 rings (SSSR count). The van der Waals surface area contributed by atoms with Gasteiger partial charge < -0.3 is 19.2 Å². The zero-order chi connectivity index (χ0) is 31.8. The Balaban J connectivity index is 1.53. The van der Waals surface area contributed by atoms with E-state index in [1.807, 2.05) is 17.0 Å². The predicted molar refractivity (Wildman–Crippen MR) is 146 cm³/mol. The van der Waals surface area contributed by atoms with E-state index in [4.69, 9.17) is 14.5 Å². The molecule has 0 saturated carbocycles. The van der Waals surface area contributed by atoms with Crippen LogP contribution in [-0.4, -0.2) is 53.5 Å². The number of rotatable bonds is 9. The van der Waals surface area contributed by atoms with Gasteiger partial charge in [0.1, 0.15) is 18.1 Å². The van der Waals surface area contributed by atoms with Crippen LogP contribution in [0.25, 0.3) is 11.1 Å². The lowest BCUT2D eigenvalue weighted by Gasteiger charge is -2.31. The van der Waals surface area contributed by atoms with E-state index in [0.29, 0.717) is 53.5 Å². The van der Waals surface area contributed by atoms with Crippen LogP contribution in [0.4, 0.5) is 37.1 Å². The molecule has 3 aromatic rings. The van der Waals surface area contributed by atoms with Gasteiger partial charge in [-0.25, -0.2) is 14.8 Å². The molecule has 0 bridgehead atoms. The van der Waals surface area contributed by atoms with E-state index in [2.05, 4.69) is 4.98 Å². The van der Waals surface area contributed by atoms with Crippen LogP contribution in [0.2, 0.25) is 0 Å². The number of cyclic esters (lactones) is 1. The Morgan fingerprint density at radius 2 is 1.70 bits per heavy atom. The number of aldehydes is 1. The molecule has 234 valence electrons. The molecule has 2 aliphatic rings. The predicted octanol–water partition coefficient (Wildman–Crippen LogP) is 6.61. The Labute approximate surface area is 248 Å². The minimum absolute atomic E-state index is 0.0315. The molecule has 2 aliphatic heterocycles. The van der Waals surface area contributed by atoms with Crippen molar-refractivity contribution >= 4 is 18.3 Å². The minimum atomic E-state index is -5.05. The topological polar surface area (TPSA) is 84.9 Å². The number of hydrogen-bond acceptors (Lipinski definition) is 7. The van der Waals surface area contributed by atoms with Crippen LogP contribution in [0.3, 0.4) is 0 Å². The fourth-order valence-electron chi connectivity index (χ4n) is 5.23. The lowest BCUT2D eigenvalue weighted by Crippen LogP contribution is -2.39. The average Bonchev–Trinajstić information content (AvgIpc) is 3.22. The molecule has 3 heterocycles. The smallest absolute Gasteiger partial charge is 0.416 e. The molecule has 0 aliphatic carbocycles. The minimum Gasteiger partial charge on any atom is -0.496 e. The normalized spacial score (nSPS) is 18.7. The second-order valence-corrected chi connectivity index (χ2v) is 10.6. The fraction of sp³-hybridized carbons (Fsp3) is 0.400. The van der Waals surface area contributed by atoms with Gasteiger partial charge in [-0.15, -0.1) is 0 Å². The summed E-state index contributed by atoms with van der Waals surface area (Å²) in [4.78, 5) is 36.4. The van der Waals surface area contributed by atoms with E-state index < -0.39 is 47.3 Å². The summed E-state index contributed by atoms with van der Waals surface area (Å²) in [5.74, 6) is 0.885. The number of aromatic nitrogens is 2. The van der Waals surface area contributed by atoms with Gasteiger partial charge in [0.2, 0.25) is 5.95 Å². The molecular weight excluding hydrogens is 594 g/mol. The standard InChI is InChI=1S/C30H28F6N4O4/c1-17-26(19-12-20(29(31,32)33)14-21(13-19)30(34,35)36)44-28(42)40(17)16-24-23(15-37-27(38-24)39-8-4-9-39)22-11-18(5-3-10-41)6-7-25(22)43-2/h6-7,10-15,17,26H,3-5,8-9,16H2,1-2H3.